The lowest BCUT2D eigenvalue weighted by Gasteiger charge is -2.36. The maximum atomic E-state index is 12.8. The summed E-state index contributed by atoms with van der Waals surface area (Å²) in [6, 6.07) is 7.73. The van der Waals surface area contributed by atoms with E-state index in [1.54, 1.807) is 6.92 Å². The zero-order valence-electron chi connectivity index (χ0n) is 14.3. The summed E-state index contributed by atoms with van der Waals surface area (Å²) < 4.78 is 5.52. The fraction of sp³-hybridized carbons (Fsp3) is 0.412. The zero-order chi connectivity index (χ0) is 17.4. The molecule has 1 amide bonds. The van der Waals surface area contributed by atoms with Crippen molar-refractivity contribution in [3.63, 3.8) is 0 Å². The number of amides is 1. The van der Waals surface area contributed by atoms with Gasteiger partial charge in [-0.1, -0.05) is 18.2 Å². The number of nitrogens with one attached hydrogen (secondary N) is 1. The van der Waals surface area contributed by atoms with E-state index in [0.717, 1.165) is 24.0 Å². The van der Waals surface area contributed by atoms with Gasteiger partial charge in [0.1, 0.15) is 0 Å². The monoisotopic (exact) mass is 340 g/mol. The highest BCUT2D eigenvalue weighted by molar-refractivity contribution is 6.04. The predicted octanol–water partition coefficient (Wildman–Crippen LogP) is 1.77. The molecule has 130 valence electrons. The Bertz CT molecular complexity index is 893. The number of fused-ring (bicyclic) bond motifs is 1. The number of benzene rings is 1. The van der Waals surface area contributed by atoms with Crippen LogP contribution in [0.5, 0.6) is 0 Å². The Morgan fingerprint density at radius 2 is 1.96 bits per heavy atom. The van der Waals surface area contributed by atoms with Crippen molar-refractivity contribution < 1.29 is 9.21 Å². The molecule has 1 saturated heterocycles. The molecule has 0 aliphatic carbocycles. The normalized spacial score (nSPS) is 17.1. The standard InChI is InChI=1S/C17H20N6O2/c1-11(16-21-18-12(2)25-16)22-7-9-23(10-8-22)17(24)15-13-5-3-4-6-14(13)19-20-15/h3-6,11H,7-10H2,1-2H3,(H,19,20)/t11-/m0/s1. The summed E-state index contributed by atoms with van der Waals surface area (Å²) in [5.74, 6) is 1.16. The van der Waals surface area contributed by atoms with Crippen LogP contribution in [0.25, 0.3) is 10.9 Å². The quantitative estimate of drug-likeness (QED) is 0.781. The molecule has 0 spiro atoms. The maximum Gasteiger partial charge on any atom is 0.275 e. The molecule has 4 rings (SSSR count). The summed E-state index contributed by atoms with van der Waals surface area (Å²) in [5, 5.41) is 16.0. The molecular formula is C17H20N6O2. The van der Waals surface area contributed by atoms with Crippen LogP contribution in [0, 0.1) is 6.92 Å². The van der Waals surface area contributed by atoms with Gasteiger partial charge in [0.2, 0.25) is 11.8 Å². The van der Waals surface area contributed by atoms with Gasteiger partial charge in [-0.3, -0.25) is 14.8 Å². The maximum absolute atomic E-state index is 12.8. The minimum absolute atomic E-state index is 0.0293. The number of aryl methyl sites for hydroxylation is 1. The van der Waals surface area contributed by atoms with Crippen molar-refractivity contribution in [3.8, 4) is 0 Å². The first-order chi connectivity index (χ1) is 12.1. The Morgan fingerprint density at radius 3 is 2.68 bits per heavy atom. The number of para-hydroxylation sites is 1. The third-order valence-corrected chi connectivity index (χ3v) is 4.72. The number of nitrogens with zero attached hydrogens (tertiary/aromatic N) is 5. The van der Waals surface area contributed by atoms with Gasteiger partial charge in [-0.25, -0.2) is 0 Å². The van der Waals surface area contributed by atoms with E-state index < -0.39 is 0 Å². The van der Waals surface area contributed by atoms with Crippen LogP contribution >= 0.6 is 0 Å². The van der Waals surface area contributed by atoms with Crippen molar-refractivity contribution in [1.82, 2.24) is 30.2 Å². The first-order valence-electron chi connectivity index (χ1n) is 8.40. The van der Waals surface area contributed by atoms with Crippen molar-refractivity contribution in [1.29, 1.82) is 0 Å². The predicted molar refractivity (Wildman–Crippen MR) is 91.0 cm³/mol. The van der Waals surface area contributed by atoms with Gasteiger partial charge in [0.15, 0.2) is 5.69 Å². The third-order valence-electron chi connectivity index (χ3n) is 4.72. The minimum atomic E-state index is -0.0293. The zero-order valence-corrected chi connectivity index (χ0v) is 14.3. The second kappa shape index (κ2) is 6.29. The highest BCUT2D eigenvalue weighted by Crippen LogP contribution is 2.22. The van der Waals surface area contributed by atoms with E-state index in [4.69, 9.17) is 4.42 Å². The summed E-state index contributed by atoms with van der Waals surface area (Å²) in [7, 11) is 0. The van der Waals surface area contributed by atoms with Crippen LogP contribution in [-0.4, -0.2) is 62.3 Å². The van der Waals surface area contributed by atoms with Gasteiger partial charge in [0.25, 0.3) is 5.91 Å². The summed E-state index contributed by atoms with van der Waals surface area (Å²) in [4.78, 5) is 16.9. The molecule has 1 atom stereocenters. The Morgan fingerprint density at radius 1 is 1.20 bits per heavy atom. The summed E-state index contributed by atoms with van der Waals surface area (Å²) in [5.41, 5.74) is 1.37. The Balaban J connectivity index is 1.44. The molecule has 0 bridgehead atoms. The van der Waals surface area contributed by atoms with E-state index >= 15 is 0 Å². The minimum Gasteiger partial charge on any atom is -0.424 e. The molecule has 8 nitrogen and oxygen atoms in total. The topological polar surface area (TPSA) is 91.2 Å². The van der Waals surface area contributed by atoms with Crippen molar-refractivity contribution in [3.05, 3.63) is 41.7 Å². The number of hydrogen-bond donors (Lipinski definition) is 1. The molecule has 8 heteroatoms. The molecule has 3 aromatic rings. The lowest BCUT2D eigenvalue weighted by molar-refractivity contribution is 0.0554. The second-order valence-electron chi connectivity index (χ2n) is 6.28. The van der Waals surface area contributed by atoms with E-state index in [0.29, 0.717) is 30.6 Å². The first-order valence-corrected chi connectivity index (χ1v) is 8.40. The van der Waals surface area contributed by atoms with Crippen molar-refractivity contribution in [2.24, 2.45) is 0 Å². The number of aromatic nitrogens is 4. The Labute approximate surface area is 144 Å². The van der Waals surface area contributed by atoms with Crippen LogP contribution in [0.4, 0.5) is 0 Å². The molecule has 1 aliphatic rings. The molecule has 1 fully saturated rings. The van der Waals surface area contributed by atoms with Crippen LogP contribution in [0.1, 0.15) is 35.2 Å². The Hall–Kier alpha value is -2.74. The molecule has 1 aromatic carbocycles. The van der Waals surface area contributed by atoms with Gasteiger partial charge in [-0.2, -0.15) is 5.10 Å². The molecule has 3 heterocycles. The van der Waals surface area contributed by atoms with E-state index in [2.05, 4.69) is 25.3 Å². The number of carbonyl (C=O) groups is 1. The van der Waals surface area contributed by atoms with Gasteiger partial charge < -0.3 is 9.32 Å². The molecule has 25 heavy (non-hydrogen) atoms. The lowest BCUT2D eigenvalue weighted by atomic mass is 10.1. The summed E-state index contributed by atoms with van der Waals surface area (Å²) >= 11 is 0. The van der Waals surface area contributed by atoms with E-state index in [1.807, 2.05) is 36.1 Å². The summed E-state index contributed by atoms with van der Waals surface area (Å²) in [6.45, 7) is 6.65. The van der Waals surface area contributed by atoms with Gasteiger partial charge in [0.05, 0.1) is 11.6 Å². The lowest BCUT2D eigenvalue weighted by Crippen LogP contribution is -2.49. The van der Waals surface area contributed by atoms with E-state index in [1.165, 1.54) is 0 Å². The smallest absolute Gasteiger partial charge is 0.275 e. The fourth-order valence-electron chi connectivity index (χ4n) is 3.23. The molecular weight excluding hydrogens is 320 g/mol. The average molecular weight is 340 g/mol. The number of H-pyrrole nitrogens is 1. The van der Waals surface area contributed by atoms with Gasteiger partial charge >= 0.3 is 0 Å². The number of aromatic amines is 1. The molecule has 0 radical (unpaired) electrons. The highest BCUT2D eigenvalue weighted by Gasteiger charge is 2.29. The van der Waals surface area contributed by atoms with Gasteiger partial charge in [-0.05, 0) is 13.0 Å². The van der Waals surface area contributed by atoms with Crippen LogP contribution < -0.4 is 0 Å². The van der Waals surface area contributed by atoms with Crippen molar-refractivity contribution >= 4 is 16.8 Å². The molecule has 1 aliphatic heterocycles. The number of piperazine rings is 1. The van der Waals surface area contributed by atoms with Crippen LogP contribution in [0.2, 0.25) is 0 Å². The summed E-state index contributed by atoms with van der Waals surface area (Å²) in [6.07, 6.45) is 0. The molecule has 0 saturated carbocycles. The van der Waals surface area contributed by atoms with E-state index in [-0.39, 0.29) is 11.9 Å². The Kier molecular flexibility index (Phi) is 3.96. The van der Waals surface area contributed by atoms with Crippen LogP contribution in [-0.2, 0) is 0 Å². The van der Waals surface area contributed by atoms with Gasteiger partial charge in [-0.15, -0.1) is 10.2 Å². The molecule has 0 unspecified atom stereocenters. The van der Waals surface area contributed by atoms with Crippen LogP contribution in [0.15, 0.2) is 28.7 Å². The second-order valence-corrected chi connectivity index (χ2v) is 6.28. The highest BCUT2D eigenvalue weighted by atomic mass is 16.4. The largest absolute Gasteiger partial charge is 0.424 e. The van der Waals surface area contributed by atoms with Crippen LogP contribution in [0.3, 0.4) is 0 Å². The fourth-order valence-corrected chi connectivity index (χ4v) is 3.23. The van der Waals surface area contributed by atoms with Gasteiger partial charge in [0, 0.05) is 38.5 Å². The third kappa shape index (κ3) is 2.89. The molecule has 1 N–H and O–H groups in total. The SMILES string of the molecule is Cc1nnc([C@H](C)N2CCN(C(=O)c3n[nH]c4ccccc34)CC2)o1. The average Bonchev–Trinajstić information content (AvgIpc) is 3.27. The number of carbonyl (C=O) groups excluding carboxylic acids is 1. The van der Waals surface area contributed by atoms with Crippen molar-refractivity contribution in [2.45, 2.75) is 19.9 Å². The van der Waals surface area contributed by atoms with E-state index in [9.17, 15) is 4.79 Å². The number of rotatable bonds is 3. The van der Waals surface area contributed by atoms with Crippen molar-refractivity contribution in [2.75, 3.05) is 26.2 Å². The molecule has 2 aromatic heterocycles. The first kappa shape index (κ1) is 15.8. The number of hydrogen-bond acceptors (Lipinski definition) is 6.